The van der Waals surface area contributed by atoms with Gasteiger partial charge in [0.2, 0.25) is 5.82 Å². The van der Waals surface area contributed by atoms with Crippen LogP contribution in [0.15, 0.2) is 47.4 Å². The molecule has 0 heterocycles. The number of rotatable bonds is 5. The van der Waals surface area contributed by atoms with Crippen LogP contribution in [0, 0.1) is 15.9 Å². The summed E-state index contributed by atoms with van der Waals surface area (Å²) in [4.78, 5) is 10.9. The lowest BCUT2D eigenvalue weighted by Gasteiger charge is -2.05. The molecule has 0 saturated carbocycles. The molecule has 6 heteroatoms. The fourth-order valence-corrected chi connectivity index (χ4v) is 2.58. The highest BCUT2D eigenvalue weighted by atomic mass is 32.2. The van der Waals surface area contributed by atoms with Crippen LogP contribution >= 0.6 is 11.8 Å². The number of hydrogen-bond donors (Lipinski definition) is 1. The van der Waals surface area contributed by atoms with E-state index in [2.05, 4.69) is 0 Å². The highest BCUT2D eigenvalue weighted by Crippen LogP contribution is 2.27. The van der Waals surface area contributed by atoms with E-state index in [1.54, 1.807) is 6.07 Å². The summed E-state index contributed by atoms with van der Waals surface area (Å²) < 4.78 is 13.9. The van der Waals surface area contributed by atoms with E-state index in [0.29, 0.717) is 17.9 Å². The Kier molecular flexibility index (Phi) is 4.70. The van der Waals surface area contributed by atoms with Gasteiger partial charge in [-0.1, -0.05) is 24.3 Å². The molecule has 4 nitrogen and oxygen atoms in total. The third-order valence-corrected chi connectivity index (χ3v) is 3.87. The molecule has 0 saturated heterocycles. The number of thioether (sulfide) groups is 1. The van der Waals surface area contributed by atoms with E-state index in [9.17, 15) is 14.5 Å². The summed E-state index contributed by atoms with van der Waals surface area (Å²) in [5, 5.41) is 10.7. The molecule has 20 heavy (non-hydrogen) atoms. The lowest BCUT2D eigenvalue weighted by Crippen LogP contribution is -1.96. The third kappa shape index (κ3) is 3.34. The van der Waals surface area contributed by atoms with Crippen molar-refractivity contribution in [3.8, 4) is 0 Å². The molecule has 0 aliphatic rings. The van der Waals surface area contributed by atoms with Crippen LogP contribution in [0.5, 0.6) is 0 Å². The molecule has 0 atom stereocenters. The van der Waals surface area contributed by atoms with Crippen molar-refractivity contribution >= 4 is 17.4 Å². The quantitative estimate of drug-likeness (QED) is 0.520. The Morgan fingerprint density at radius 1 is 1.20 bits per heavy atom. The SMILES string of the molecule is NCc1ccc(SCc2cccc([N+](=O)[O-])c2F)cc1. The summed E-state index contributed by atoms with van der Waals surface area (Å²) in [6.07, 6.45) is 0. The van der Waals surface area contributed by atoms with E-state index in [4.69, 9.17) is 5.73 Å². The predicted molar refractivity (Wildman–Crippen MR) is 76.9 cm³/mol. The number of nitro groups is 1. The zero-order valence-electron chi connectivity index (χ0n) is 10.6. The fourth-order valence-electron chi connectivity index (χ4n) is 1.70. The van der Waals surface area contributed by atoms with Gasteiger partial charge in [-0.25, -0.2) is 0 Å². The molecular formula is C14H13FN2O2S. The number of nitro benzene ring substituents is 1. The summed E-state index contributed by atoms with van der Waals surface area (Å²) in [5.74, 6) is -0.418. The van der Waals surface area contributed by atoms with Crippen LogP contribution in [-0.4, -0.2) is 4.92 Å². The van der Waals surface area contributed by atoms with Gasteiger partial charge in [0.1, 0.15) is 0 Å². The molecule has 0 aliphatic heterocycles. The highest BCUT2D eigenvalue weighted by Gasteiger charge is 2.16. The predicted octanol–water partition coefficient (Wildman–Crippen LogP) is 3.48. The van der Waals surface area contributed by atoms with Gasteiger partial charge < -0.3 is 5.73 Å². The van der Waals surface area contributed by atoms with Crippen LogP contribution in [0.2, 0.25) is 0 Å². The molecule has 0 bridgehead atoms. The molecule has 0 amide bonds. The Labute approximate surface area is 119 Å². The zero-order valence-corrected chi connectivity index (χ0v) is 11.4. The van der Waals surface area contributed by atoms with Gasteiger partial charge in [-0.15, -0.1) is 11.8 Å². The van der Waals surface area contributed by atoms with Crippen molar-refractivity contribution in [1.82, 2.24) is 0 Å². The normalized spacial score (nSPS) is 10.5. The molecule has 2 rings (SSSR count). The lowest BCUT2D eigenvalue weighted by molar-refractivity contribution is -0.387. The zero-order chi connectivity index (χ0) is 14.5. The van der Waals surface area contributed by atoms with Gasteiger partial charge >= 0.3 is 5.69 Å². The summed E-state index contributed by atoms with van der Waals surface area (Å²) in [6, 6.07) is 11.8. The highest BCUT2D eigenvalue weighted by molar-refractivity contribution is 7.98. The van der Waals surface area contributed by atoms with Crippen molar-refractivity contribution in [2.75, 3.05) is 0 Å². The maximum Gasteiger partial charge on any atom is 0.305 e. The van der Waals surface area contributed by atoms with E-state index in [-0.39, 0.29) is 0 Å². The smallest absolute Gasteiger partial charge is 0.305 e. The van der Waals surface area contributed by atoms with Crippen molar-refractivity contribution in [1.29, 1.82) is 0 Å². The minimum absolute atomic E-state index is 0.326. The van der Waals surface area contributed by atoms with Crippen LogP contribution in [0.1, 0.15) is 11.1 Å². The number of benzene rings is 2. The second kappa shape index (κ2) is 6.49. The van der Waals surface area contributed by atoms with Gasteiger partial charge in [0, 0.05) is 28.8 Å². The second-order valence-corrected chi connectivity index (χ2v) is 5.19. The molecule has 0 aliphatic carbocycles. The molecule has 2 aromatic carbocycles. The van der Waals surface area contributed by atoms with Crippen molar-refractivity contribution in [3.63, 3.8) is 0 Å². The van der Waals surface area contributed by atoms with Crippen molar-refractivity contribution in [2.45, 2.75) is 17.2 Å². The van der Waals surface area contributed by atoms with E-state index in [1.807, 2.05) is 24.3 Å². The summed E-state index contributed by atoms with van der Waals surface area (Å²) in [5.41, 5.74) is 6.37. The summed E-state index contributed by atoms with van der Waals surface area (Å²) >= 11 is 1.42. The third-order valence-electron chi connectivity index (χ3n) is 2.81. The van der Waals surface area contributed by atoms with Gasteiger partial charge in [-0.05, 0) is 17.7 Å². The lowest BCUT2D eigenvalue weighted by atomic mass is 10.2. The standard InChI is InChI=1S/C14H13FN2O2S/c15-14-11(2-1-3-13(14)17(18)19)9-20-12-6-4-10(8-16)5-7-12/h1-7H,8-9,16H2. The first kappa shape index (κ1) is 14.5. The van der Waals surface area contributed by atoms with E-state index in [1.165, 1.54) is 23.9 Å². The van der Waals surface area contributed by atoms with Crippen LogP contribution in [-0.2, 0) is 12.3 Å². The number of hydrogen-bond acceptors (Lipinski definition) is 4. The van der Waals surface area contributed by atoms with Crippen LogP contribution in [0.3, 0.4) is 0 Å². The van der Waals surface area contributed by atoms with Crippen LogP contribution < -0.4 is 5.73 Å². The van der Waals surface area contributed by atoms with Crippen molar-refractivity contribution in [2.24, 2.45) is 5.73 Å². The van der Waals surface area contributed by atoms with Gasteiger partial charge in [0.25, 0.3) is 0 Å². The topological polar surface area (TPSA) is 69.2 Å². The maximum atomic E-state index is 13.9. The Bertz CT molecular complexity index is 617. The number of nitrogens with two attached hydrogens (primary N) is 1. The van der Waals surface area contributed by atoms with E-state index >= 15 is 0 Å². The van der Waals surface area contributed by atoms with Gasteiger partial charge in [0.15, 0.2) is 0 Å². The van der Waals surface area contributed by atoms with E-state index < -0.39 is 16.4 Å². The Hall–Kier alpha value is -1.92. The molecular weight excluding hydrogens is 279 g/mol. The summed E-state index contributed by atoms with van der Waals surface area (Å²) in [6.45, 7) is 0.477. The van der Waals surface area contributed by atoms with Crippen molar-refractivity contribution in [3.05, 3.63) is 69.5 Å². The fraction of sp³-hybridized carbons (Fsp3) is 0.143. The Balaban J connectivity index is 2.10. The molecule has 0 spiro atoms. The van der Waals surface area contributed by atoms with E-state index in [0.717, 1.165) is 10.5 Å². The first-order chi connectivity index (χ1) is 9.61. The largest absolute Gasteiger partial charge is 0.326 e. The van der Waals surface area contributed by atoms with Gasteiger partial charge in [-0.3, -0.25) is 10.1 Å². The first-order valence-electron chi connectivity index (χ1n) is 5.95. The molecule has 0 radical (unpaired) electrons. The van der Waals surface area contributed by atoms with Crippen molar-refractivity contribution < 1.29 is 9.31 Å². The number of nitrogens with zero attached hydrogens (tertiary/aromatic N) is 1. The molecule has 0 fully saturated rings. The average Bonchev–Trinajstić information content (AvgIpc) is 2.46. The minimum Gasteiger partial charge on any atom is -0.326 e. The van der Waals surface area contributed by atoms with Crippen LogP contribution in [0.4, 0.5) is 10.1 Å². The molecule has 0 aromatic heterocycles. The second-order valence-electron chi connectivity index (χ2n) is 4.14. The molecule has 2 N–H and O–H groups in total. The molecule has 0 unspecified atom stereocenters. The molecule has 104 valence electrons. The Morgan fingerprint density at radius 2 is 1.90 bits per heavy atom. The number of halogens is 1. The van der Waals surface area contributed by atoms with Gasteiger partial charge in [0.05, 0.1) is 4.92 Å². The van der Waals surface area contributed by atoms with Gasteiger partial charge in [-0.2, -0.15) is 4.39 Å². The first-order valence-corrected chi connectivity index (χ1v) is 6.94. The average molecular weight is 292 g/mol. The maximum absolute atomic E-state index is 13.9. The monoisotopic (exact) mass is 292 g/mol. The van der Waals surface area contributed by atoms with Crippen LogP contribution in [0.25, 0.3) is 0 Å². The molecule has 2 aromatic rings. The Morgan fingerprint density at radius 3 is 2.50 bits per heavy atom. The minimum atomic E-state index is -0.761. The summed E-state index contributed by atoms with van der Waals surface area (Å²) in [7, 11) is 0.